The molecule has 0 aromatic heterocycles. The molecule has 0 bridgehead atoms. The number of aromatic hydroxyl groups is 1. The van der Waals surface area contributed by atoms with E-state index in [2.05, 4.69) is 26.1 Å². The molecule has 17 heavy (non-hydrogen) atoms. The van der Waals surface area contributed by atoms with E-state index in [0.717, 1.165) is 12.0 Å². The van der Waals surface area contributed by atoms with Gasteiger partial charge in [0, 0.05) is 0 Å². The maximum Gasteiger partial charge on any atom is 0.180 e. The Labute approximate surface area is 103 Å². The highest BCUT2D eigenvalue weighted by Crippen LogP contribution is 2.30. The van der Waals surface area contributed by atoms with Gasteiger partial charge in [0.2, 0.25) is 0 Å². The third-order valence-electron chi connectivity index (χ3n) is 3.30. The Bertz CT molecular complexity index is 411. The van der Waals surface area contributed by atoms with Crippen molar-refractivity contribution >= 4 is 5.78 Å². The molecule has 0 aliphatic rings. The van der Waals surface area contributed by atoms with Crippen LogP contribution in [0.5, 0.6) is 5.75 Å². The van der Waals surface area contributed by atoms with Crippen LogP contribution >= 0.6 is 0 Å². The number of phenols is 1. The van der Waals surface area contributed by atoms with Crippen LogP contribution in [0.3, 0.4) is 0 Å². The topological polar surface area (TPSA) is 49.3 Å². The number of phenolic OH excluding ortho intramolecular Hbond substituents is 1. The Morgan fingerprint density at radius 1 is 1.41 bits per heavy atom. The molecule has 0 radical (unpaired) electrons. The molecule has 2 N–H and O–H groups in total. The number of Topliss-reactive ketones (excluding diaryl/α,β-unsaturated/α-hetero) is 1. The molecular weight excluding hydrogens is 214 g/mol. The predicted octanol–water partition coefficient (Wildman–Crippen LogP) is 2.48. The first-order valence-corrected chi connectivity index (χ1v) is 5.93. The molecule has 94 valence electrons. The van der Waals surface area contributed by atoms with Crippen LogP contribution in [0, 0.1) is 0 Å². The minimum Gasteiger partial charge on any atom is -0.507 e. The smallest absolute Gasteiger partial charge is 0.180 e. The van der Waals surface area contributed by atoms with Gasteiger partial charge in [-0.3, -0.25) is 4.79 Å². The Morgan fingerprint density at radius 2 is 2.06 bits per heavy atom. The first-order chi connectivity index (χ1) is 7.92. The maximum atomic E-state index is 11.8. The number of likely N-dealkylation sites (N-methyl/N-ethyl adjacent to an activating group) is 1. The monoisotopic (exact) mass is 235 g/mol. The molecule has 0 amide bonds. The van der Waals surface area contributed by atoms with Crippen LogP contribution in [-0.4, -0.2) is 24.5 Å². The van der Waals surface area contributed by atoms with Crippen LogP contribution in [0.4, 0.5) is 0 Å². The largest absolute Gasteiger partial charge is 0.507 e. The Morgan fingerprint density at radius 3 is 2.59 bits per heavy atom. The Hall–Kier alpha value is -1.35. The molecule has 3 nitrogen and oxygen atoms in total. The number of carbonyl (C=O) groups excluding carboxylic acids is 1. The van der Waals surface area contributed by atoms with E-state index < -0.39 is 0 Å². The van der Waals surface area contributed by atoms with Gasteiger partial charge in [0.15, 0.2) is 5.78 Å². The van der Waals surface area contributed by atoms with Gasteiger partial charge in [0.25, 0.3) is 0 Å². The van der Waals surface area contributed by atoms with Crippen molar-refractivity contribution in [3.8, 4) is 5.75 Å². The van der Waals surface area contributed by atoms with E-state index in [0.29, 0.717) is 5.56 Å². The Kier molecular flexibility index (Phi) is 4.29. The van der Waals surface area contributed by atoms with E-state index in [9.17, 15) is 9.90 Å². The fourth-order valence-corrected chi connectivity index (χ4v) is 1.64. The average Bonchev–Trinajstić information content (AvgIpc) is 2.29. The van der Waals surface area contributed by atoms with Gasteiger partial charge < -0.3 is 10.4 Å². The van der Waals surface area contributed by atoms with Crippen LogP contribution < -0.4 is 5.32 Å². The van der Waals surface area contributed by atoms with Crippen LogP contribution in [-0.2, 0) is 5.41 Å². The second-order valence-corrected chi connectivity index (χ2v) is 4.92. The van der Waals surface area contributed by atoms with Crippen LogP contribution in [0.2, 0.25) is 0 Å². The van der Waals surface area contributed by atoms with E-state index in [4.69, 9.17) is 0 Å². The molecule has 0 aliphatic heterocycles. The van der Waals surface area contributed by atoms with Gasteiger partial charge in [-0.2, -0.15) is 0 Å². The molecule has 1 aromatic rings. The van der Waals surface area contributed by atoms with E-state index >= 15 is 0 Å². The fraction of sp³-hybridized carbons (Fsp3) is 0.500. The highest BCUT2D eigenvalue weighted by Gasteiger charge is 2.20. The van der Waals surface area contributed by atoms with E-state index in [-0.39, 0.29) is 23.5 Å². The van der Waals surface area contributed by atoms with Gasteiger partial charge in [-0.25, -0.2) is 0 Å². The normalized spacial score (nSPS) is 11.5. The maximum absolute atomic E-state index is 11.8. The van der Waals surface area contributed by atoms with Gasteiger partial charge >= 0.3 is 0 Å². The molecule has 0 saturated carbocycles. The number of ketones is 1. The molecule has 0 fully saturated rings. The van der Waals surface area contributed by atoms with Crippen molar-refractivity contribution in [1.29, 1.82) is 0 Å². The highest BCUT2D eigenvalue weighted by atomic mass is 16.3. The van der Waals surface area contributed by atoms with E-state index in [1.54, 1.807) is 19.2 Å². The molecule has 1 aromatic carbocycles. The van der Waals surface area contributed by atoms with E-state index in [1.807, 2.05) is 6.07 Å². The third kappa shape index (κ3) is 3.07. The quantitative estimate of drug-likeness (QED) is 0.771. The standard InChI is InChI=1S/C14H21NO2/c1-5-14(2,3)10-6-7-12(16)11(8-10)13(17)9-15-4/h6-8,15-16H,5,9H2,1-4H3. The number of hydrogen-bond donors (Lipinski definition) is 2. The van der Waals surface area contributed by atoms with Gasteiger partial charge in [-0.1, -0.05) is 26.8 Å². The summed E-state index contributed by atoms with van der Waals surface area (Å²) in [6, 6.07) is 5.29. The van der Waals surface area contributed by atoms with Crippen molar-refractivity contribution in [3.05, 3.63) is 29.3 Å². The highest BCUT2D eigenvalue weighted by molar-refractivity contribution is 6.00. The molecular formula is C14H21NO2. The van der Waals surface area contributed by atoms with Gasteiger partial charge in [-0.05, 0) is 36.6 Å². The first-order valence-electron chi connectivity index (χ1n) is 5.93. The summed E-state index contributed by atoms with van der Waals surface area (Å²) in [4.78, 5) is 11.8. The minimum atomic E-state index is -0.0845. The lowest BCUT2D eigenvalue weighted by atomic mass is 9.81. The molecule has 0 unspecified atom stereocenters. The van der Waals surface area contributed by atoms with Crippen LogP contribution in [0.1, 0.15) is 43.1 Å². The number of benzene rings is 1. The Balaban J connectivity index is 3.15. The molecule has 0 spiro atoms. The van der Waals surface area contributed by atoms with Crippen molar-refractivity contribution in [2.24, 2.45) is 0 Å². The van der Waals surface area contributed by atoms with E-state index in [1.165, 1.54) is 0 Å². The molecule has 1 rings (SSSR count). The second-order valence-electron chi connectivity index (χ2n) is 4.92. The van der Waals surface area contributed by atoms with Crippen molar-refractivity contribution in [2.75, 3.05) is 13.6 Å². The minimum absolute atomic E-state index is 0.0162. The number of nitrogens with one attached hydrogen (secondary N) is 1. The number of rotatable bonds is 5. The number of carbonyl (C=O) groups is 1. The van der Waals surface area contributed by atoms with Crippen LogP contribution in [0.15, 0.2) is 18.2 Å². The molecule has 0 aliphatic carbocycles. The van der Waals surface area contributed by atoms with Gasteiger partial charge in [0.05, 0.1) is 12.1 Å². The first kappa shape index (κ1) is 13.7. The summed E-state index contributed by atoms with van der Waals surface area (Å²) in [6.07, 6.45) is 0.984. The zero-order valence-electron chi connectivity index (χ0n) is 11.0. The summed E-state index contributed by atoms with van der Waals surface area (Å²) in [5.41, 5.74) is 1.50. The zero-order chi connectivity index (χ0) is 13.1. The summed E-state index contributed by atoms with van der Waals surface area (Å²) < 4.78 is 0. The SMILES string of the molecule is CCC(C)(C)c1ccc(O)c(C(=O)CNC)c1. The lowest BCUT2D eigenvalue weighted by Gasteiger charge is -2.24. The summed E-state index contributed by atoms with van der Waals surface area (Å²) in [5, 5.41) is 12.5. The summed E-state index contributed by atoms with van der Waals surface area (Å²) in [5.74, 6) is -0.0281. The predicted molar refractivity (Wildman–Crippen MR) is 69.7 cm³/mol. The molecule has 0 atom stereocenters. The lowest BCUT2D eigenvalue weighted by Crippen LogP contribution is -2.20. The summed E-state index contributed by atoms with van der Waals surface area (Å²) in [6.45, 7) is 6.61. The number of hydrogen-bond acceptors (Lipinski definition) is 3. The zero-order valence-corrected chi connectivity index (χ0v) is 11.0. The third-order valence-corrected chi connectivity index (χ3v) is 3.30. The van der Waals surface area contributed by atoms with Crippen molar-refractivity contribution in [1.82, 2.24) is 5.32 Å². The van der Waals surface area contributed by atoms with Crippen LogP contribution in [0.25, 0.3) is 0 Å². The second kappa shape index (κ2) is 5.32. The lowest BCUT2D eigenvalue weighted by molar-refractivity contribution is 0.0991. The summed E-state index contributed by atoms with van der Waals surface area (Å²) in [7, 11) is 1.72. The van der Waals surface area contributed by atoms with Gasteiger partial charge in [0.1, 0.15) is 5.75 Å². The van der Waals surface area contributed by atoms with Gasteiger partial charge in [-0.15, -0.1) is 0 Å². The van der Waals surface area contributed by atoms with Crippen molar-refractivity contribution in [2.45, 2.75) is 32.6 Å². The molecule has 3 heteroatoms. The van der Waals surface area contributed by atoms with Crippen molar-refractivity contribution < 1.29 is 9.90 Å². The summed E-state index contributed by atoms with van der Waals surface area (Å²) >= 11 is 0. The fourth-order valence-electron chi connectivity index (χ4n) is 1.64. The van der Waals surface area contributed by atoms with Crippen molar-refractivity contribution in [3.63, 3.8) is 0 Å². The molecule has 0 heterocycles. The molecule has 0 saturated heterocycles. The average molecular weight is 235 g/mol.